The van der Waals surface area contributed by atoms with E-state index in [4.69, 9.17) is 29.0 Å². The van der Waals surface area contributed by atoms with Crippen molar-refractivity contribution >= 4 is 23.2 Å². The van der Waals surface area contributed by atoms with Gasteiger partial charge in [0.25, 0.3) is 0 Å². The summed E-state index contributed by atoms with van der Waals surface area (Å²) < 4.78 is 0. The van der Waals surface area contributed by atoms with Crippen LogP contribution in [0.15, 0.2) is 18.2 Å². The normalized spacial score (nSPS) is 30.8. The highest BCUT2D eigenvalue weighted by Gasteiger charge is 2.42. The fraction of sp³-hybridized carbons (Fsp3) is 0.600. The van der Waals surface area contributed by atoms with Crippen LogP contribution in [-0.2, 0) is 6.42 Å². The maximum Gasteiger partial charge on any atom is 0.0453 e. The third kappa shape index (κ3) is 2.64. The van der Waals surface area contributed by atoms with Gasteiger partial charge in [0.2, 0.25) is 0 Å². The molecule has 2 aliphatic rings. The van der Waals surface area contributed by atoms with Crippen LogP contribution in [-0.4, -0.2) is 6.04 Å². The number of nitrogens with two attached hydrogens (primary N) is 1. The fourth-order valence-corrected chi connectivity index (χ4v) is 4.62. The summed E-state index contributed by atoms with van der Waals surface area (Å²) in [6, 6.07) is 5.97. The number of nitrogens with one attached hydrogen (secondary N) is 1. The van der Waals surface area contributed by atoms with Crippen molar-refractivity contribution in [1.29, 1.82) is 0 Å². The number of hydrazine groups is 1. The van der Waals surface area contributed by atoms with Gasteiger partial charge in [0.05, 0.1) is 0 Å². The first-order chi connectivity index (χ1) is 9.19. The van der Waals surface area contributed by atoms with E-state index >= 15 is 0 Å². The molecule has 2 bridgehead atoms. The van der Waals surface area contributed by atoms with Crippen molar-refractivity contribution in [2.24, 2.45) is 23.6 Å². The number of rotatable bonds is 4. The van der Waals surface area contributed by atoms with Crippen LogP contribution >= 0.6 is 23.2 Å². The molecular formula is C15H20Cl2N2. The molecule has 0 radical (unpaired) electrons. The molecule has 104 valence electrons. The lowest BCUT2D eigenvalue weighted by molar-refractivity contribution is 0.248. The summed E-state index contributed by atoms with van der Waals surface area (Å²) in [5.41, 5.74) is 4.04. The van der Waals surface area contributed by atoms with Gasteiger partial charge in [-0.15, -0.1) is 0 Å². The number of hydrogen-bond donors (Lipinski definition) is 2. The molecule has 0 aromatic heterocycles. The highest BCUT2D eigenvalue weighted by atomic mass is 35.5. The lowest BCUT2D eigenvalue weighted by Crippen LogP contribution is -2.44. The smallest absolute Gasteiger partial charge is 0.0453 e. The van der Waals surface area contributed by atoms with Gasteiger partial charge >= 0.3 is 0 Å². The first-order valence-corrected chi connectivity index (χ1v) is 7.83. The summed E-state index contributed by atoms with van der Waals surface area (Å²) in [5.74, 6) is 8.24. The molecule has 2 nitrogen and oxygen atoms in total. The van der Waals surface area contributed by atoms with Gasteiger partial charge in [-0.3, -0.25) is 11.3 Å². The van der Waals surface area contributed by atoms with E-state index in [1.807, 2.05) is 18.2 Å². The standard InChI is InChI=1S/C15H20Cl2N2/c16-13-2-1-3-14(17)12(13)8-15(19-18)11-7-9-4-5-10(11)6-9/h1-3,9-11,15,19H,4-8,18H2. The Balaban J connectivity index is 1.77. The Morgan fingerprint density at radius 1 is 1.21 bits per heavy atom. The van der Waals surface area contributed by atoms with Crippen LogP contribution < -0.4 is 11.3 Å². The van der Waals surface area contributed by atoms with Gasteiger partial charge in [0.1, 0.15) is 0 Å². The van der Waals surface area contributed by atoms with Crippen molar-refractivity contribution in [2.45, 2.75) is 38.1 Å². The lowest BCUT2D eigenvalue weighted by Gasteiger charge is -2.30. The third-order valence-corrected chi connectivity index (χ3v) is 5.72. The molecular weight excluding hydrogens is 279 g/mol. The first-order valence-electron chi connectivity index (χ1n) is 7.08. The predicted molar refractivity (Wildman–Crippen MR) is 80.2 cm³/mol. The molecule has 4 unspecified atom stereocenters. The Bertz CT molecular complexity index is 443. The molecule has 4 atom stereocenters. The van der Waals surface area contributed by atoms with E-state index in [1.54, 1.807) is 0 Å². The SMILES string of the molecule is NNC(Cc1c(Cl)cccc1Cl)C1CC2CCC1C2. The van der Waals surface area contributed by atoms with Gasteiger partial charge in [0.15, 0.2) is 0 Å². The number of fused-ring (bicyclic) bond motifs is 2. The minimum Gasteiger partial charge on any atom is -0.271 e. The van der Waals surface area contributed by atoms with E-state index in [0.29, 0.717) is 5.92 Å². The molecule has 0 spiro atoms. The average Bonchev–Trinajstić information content (AvgIpc) is 3.01. The van der Waals surface area contributed by atoms with Gasteiger partial charge in [-0.1, -0.05) is 35.7 Å². The molecule has 2 aliphatic carbocycles. The monoisotopic (exact) mass is 298 g/mol. The molecule has 2 fully saturated rings. The van der Waals surface area contributed by atoms with Crippen LogP contribution in [0.25, 0.3) is 0 Å². The summed E-state index contributed by atoms with van der Waals surface area (Å²) in [6.45, 7) is 0. The van der Waals surface area contributed by atoms with E-state index < -0.39 is 0 Å². The summed E-state index contributed by atoms with van der Waals surface area (Å²) >= 11 is 12.5. The van der Waals surface area contributed by atoms with Crippen LogP contribution in [0.2, 0.25) is 10.0 Å². The molecule has 1 aromatic rings. The number of hydrogen-bond acceptors (Lipinski definition) is 2. The topological polar surface area (TPSA) is 38.0 Å². The Hall–Kier alpha value is -0.280. The molecule has 3 N–H and O–H groups in total. The van der Waals surface area contributed by atoms with Crippen molar-refractivity contribution in [2.75, 3.05) is 0 Å². The fourth-order valence-electron chi connectivity index (χ4n) is 4.07. The largest absolute Gasteiger partial charge is 0.271 e. The highest BCUT2D eigenvalue weighted by molar-refractivity contribution is 6.36. The maximum absolute atomic E-state index is 6.26. The molecule has 3 rings (SSSR count). The molecule has 4 heteroatoms. The highest BCUT2D eigenvalue weighted by Crippen LogP contribution is 2.50. The second-order valence-corrected chi connectivity index (χ2v) is 6.83. The van der Waals surface area contributed by atoms with Crippen LogP contribution in [0, 0.1) is 17.8 Å². The van der Waals surface area contributed by atoms with Gasteiger partial charge in [-0.05, 0) is 61.1 Å². The Labute approximate surface area is 124 Å². The van der Waals surface area contributed by atoms with Crippen molar-refractivity contribution < 1.29 is 0 Å². The van der Waals surface area contributed by atoms with Crippen molar-refractivity contribution in [3.8, 4) is 0 Å². The molecule has 0 heterocycles. The zero-order valence-corrected chi connectivity index (χ0v) is 12.4. The summed E-state index contributed by atoms with van der Waals surface area (Å²) in [6.07, 6.45) is 6.29. The third-order valence-electron chi connectivity index (χ3n) is 5.01. The Morgan fingerprint density at radius 2 is 1.95 bits per heavy atom. The van der Waals surface area contributed by atoms with Crippen molar-refractivity contribution in [3.63, 3.8) is 0 Å². The van der Waals surface area contributed by atoms with Crippen LogP contribution in [0.3, 0.4) is 0 Å². The Kier molecular flexibility index (Phi) is 4.04. The van der Waals surface area contributed by atoms with Gasteiger partial charge in [-0.2, -0.15) is 0 Å². The lowest BCUT2D eigenvalue weighted by atomic mass is 9.81. The molecule has 0 aliphatic heterocycles. The zero-order valence-electron chi connectivity index (χ0n) is 10.9. The van der Waals surface area contributed by atoms with E-state index in [2.05, 4.69) is 5.43 Å². The minimum absolute atomic E-state index is 0.285. The second kappa shape index (κ2) is 5.61. The zero-order chi connectivity index (χ0) is 13.4. The van der Waals surface area contributed by atoms with Crippen LogP contribution in [0.4, 0.5) is 0 Å². The van der Waals surface area contributed by atoms with E-state index in [0.717, 1.165) is 33.9 Å². The summed E-state index contributed by atoms with van der Waals surface area (Å²) in [7, 11) is 0. The van der Waals surface area contributed by atoms with E-state index in [-0.39, 0.29) is 6.04 Å². The Morgan fingerprint density at radius 3 is 2.47 bits per heavy atom. The molecule has 2 saturated carbocycles. The van der Waals surface area contributed by atoms with Crippen molar-refractivity contribution in [1.82, 2.24) is 5.43 Å². The average molecular weight is 299 g/mol. The van der Waals surface area contributed by atoms with E-state index in [1.165, 1.54) is 25.7 Å². The quantitative estimate of drug-likeness (QED) is 0.655. The van der Waals surface area contributed by atoms with Crippen LogP contribution in [0.1, 0.15) is 31.2 Å². The molecule has 0 saturated heterocycles. The van der Waals surface area contributed by atoms with E-state index in [9.17, 15) is 0 Å². The molecule has 19 heavy (non-hydrogen) atoms. The summed E-state index contributed by atoms with van der Waals surface area (Å²) in [4.78, 5) is 0. The second-order valence-electron chi connectivity index (χ2n) is 6.02. The molecule has 0 amide bonds. The summed E-state index contributed by atoms with van der Waals surface area (Å²) in [5, 5.41) is 1.49. The number of halogens is 2. The number of benzene rings is 1. The van der Waals surface area contributed by atoms with Gasteiger partial charge in [0, 0.05) is 16.1 Å². The predicted octanol–water partition coefficient (Wildman–Crippen LogP) is 3.80. The van der Waals surface area contributed by atoms with Crippen molar-refractivity contribution in [3.05, 3.63) is 33.8 Å². The maximum atomic E-state index is 6.26. The minimum atomic E-state index is 0.285. The van der Waals surface area contributed by atoms with Gasteiger partial charge in [-0.25, -0.2) is 0 Å². The molecule has 1 aromatic carbocycles. The first kappa shape index (κ1) is 13.7. The van der Waals surface area contributed by atoms with Crippen LogP contribution in [0.5, 0.6) is 0 Å². The van der Waals surface area contributed by atoms with Gasteiger partial charge < -0.3 is 0 Å².